The molecule has 0 N–H and O–H groups in total. The molecule has 1 aromatic heterocycles. The third-order valence-electron chi connectivity index (χ3n) is 4.05. The number of aryl methyl sites for hydroxylation is 2. The third-order valence-corrected chi connectivity index (χ3v) is 5.59. The van der Waals surface area contributed by atoms with Crippen LogP contribution in [-0.2, 0) is 18.9 Å². The Morgan fingerprint density at radius 1 is 1.12 bits per heavy atom. The minimum atomic E-state index is 0.419. The molecule has 6 heteroatoms. The third kappa shape index (κ3) is 4.68. The van der Waals surface area contributed by atoms with Gasteiger partial charge in [-0.05, 0) is 50.1 Å². The molecular formula is C20H22BrN3OS. The Bertz CT molecular complexity index is 895. The topological polar surface area (TPSA) is 39.9 Å². The van der Waals surface area contributed by atoms with Crippen LogP contribution in [0.3, 0.4) is 0 Å². The van der Waals surface area contributed by atoms with Crippen molar-refractivity contribution < 1.29 is 4.74 Å². The van der Waals surface area contributed by atoms with Gasteiger partial charge in [-0.25, -0.2) is 0 Å². The van der Waals surface area contributed by atoms with Crippen LogP contribution in [0.25, 0.3) is 0 Å². The maximum Gasteiger partial charge on any atom is 0.191 e. The summed E-state index contributed by atoms with van der Waals surface area (Å²) in [5.74, 6) is 2.60. The van der Waals surface area contributed by atoms with Gasteiger partial charge in [-0.2, -0.15) is 0 Å². The first-order valence-corrected chi connectivity index (χ1v) is 10.3. The molecule has 0 spiro atoms. The quantitative estimate of drug-likeness (QED) is 0.459. The molecule has 26 heavy (non-hydrogen) atoms. The van der Waals surface area contributed by atoms with Gasteiger partial charge >= 0.3 is 0 Å². The standard InChI is InChI=1S/C20H22BrN3OS/c1-4-24-19(12-25-18-9-8-14(2)10-15(18)3)22-23-20(24)26-13-16-6-5-7-17(21)11-16/h5-11H,4,12-13H2,1-3H3. The molecular weight excluding hydrogens is 410 g/mol. The molecule has 1 heterocycles. The second-order valence-corrected chi connectivity index (χ2v) is 7.98. The molecule has 3 aromatic rings. The predicted octanol–water partition coefficient (Wildman–Crippen LogP) is 5.55. The summed E-state index contributed by atoms with van der Waals surface area (Å²) in [6.07, 6.45) is 0. The summed E-state index contributed by atoms with van der Waals surface area (Å²) >= 11 is 5.21. The van der Waals surface area contributed by atoms with E-state index < -0.39 is 0 Å². The Morgan fingerprint density at radius 3 is 2.69 bits per heavy atom. The van der Waals surface area contributed by atoms with Gasteiger partial charge in [0.2, 0.25) is 0 Å². The summed E-state index contributed by atoms with van der Waals surface area (Å²) in [5.41, 5.74) is 3.62. The molecule has 0 fully saturated rings. The second kappa shape index (κ2) is 8.73. The van der Waals surface area contributed by atoms with Gasteiger partial charge < -0.3 is 9.30 Å². The van der Waals surface area contributed by atoms with Crippen molar-refractivity contribution in [2.24, 2.45) is 0 Å². The van der Waals surface area contributed by atoms with E-state index in [1.54, 1.807) is 11.8 Å². The van der Waals surface area contributed by atoms with Gasteiger partial charge in [0.15, 0.2) is 11.0 Å². The summed E-state index contributed by atoms with van der Waals surface area (Å²) in [7, 11) is 0. The van der Waals surface area contributed by atoms with E-state index in [2.05, 4.69) is 75.7 Å². The first-order chi connectivity index (χ1) is 12.6. The molecule has 0 aliphatic rings. The number of aromatic nitrogens is 3. The summed E-state index contributed by atoms with van der Waals surface area (Å²) in [5, 5.41) is 9.62. The van der Waals surface area contributed by atoms with Crippen LogP contribution in [0.5, 0.6) is 5.75 Å². The maximum absolute atomic E-state index is 5.97. The van der Waals surface area contributed by atoms with E-state index >= 15 is 0 Å². The van der Waals surface area contributed by atoms with E-state index in [9.17, 15) is 0 Å². The molecule has 0 atom stereocenters. The minimum absolute atomic E-state index is 0.419. The molecule has 0 aliphatic heterocycles. The Labute approximate surface area is 167 Å². The summed E-state index contributed by atoms with van der Waals surface area (Å²) in [4.78, 5) is 0. The second-order valence-electron chi connectivity index (χ2n) is 6.12. The van der Waals surface area contributed by atoms with Gasteiger partial charge in [0.05, 0.1) is 0 Å². The number of ether oxygens (including phenoxy) is 1. The number of thioether (sulfide) groups is 1. The van der Waals surface area contributed by atoms with E-state index in [1.165, 1.54) is 11.1 Å². The molecule has 0 aliphatic carbocycles. The van der Waals surface area contributed by atoms with Crippen LogP contribution in [0.2, 0.25) is 0 Å². The zero-order valence-electron chi connectivity index (χ0n) is 15.2. The monoisotopic (exact) mass is 431 g/mol. The first kappa shape index (κ1) is 19.0. The van der Waals surface area contributed by atoms with Crippen molar-refractivity contribution in [1.82, 2.24) is 14.8 Å². The van der Waals surface area contributed by atoms with Crippen LogP contribution in [0, 0.1) is 13.8 Å². The smallest absolute Gasteiger partial charge is 0.191 e. The Kier molecular flexibility index (Phi) is 6.38. The maximum atomic E-state index is 5.97. The number of hydrogen-bond acceptors (Lipinski definition) is 4. The largest absolute Gasteiger partial charge is 0.485 e. The first-order valence-electron chi connectivity index (χ1n) is 8.56. The Hall–Kier alpha value is -1.79. The van der Waals surface area contributed by atoms with Crippen LogP contribution in [0.4, 0.5) is 0 Å². The molecule has 2 aromatic carbocycles. The van der Waals surface area contributed by atoms with Gasteiger partial charge in [-0.3, -0.25) is 0 Å². The average Bonchev–Trinajstić information content (AvgIpc) is 3.01. The lowest BCUT2D eigenvalue weighted by Gasteiger charge is -2.11. The van der Waals surface area contributed by atoms with Crippen molar-refractivity contribution in [2.45, 2.75) is 44.8 Å². The van der Waals surface area contributed by atoms with Crippen LogP contribution < -0.4 is 4.74 Å². The van der Waals surface area contributed by atoms with Crippen molar-refractivity contribution in [3.8, 4) is 5.75 Å². The fourth-order valence-corrected chi connectivity index (χ4v) is 4.14. The molecule has 0 radical (unpaired) electrons. The number of rotatable bonds is 7. The molecule has 0 bridgehead atoms. The van der Waals surface area contributed by atoms with Crippen LogP contribution in [0.15, 0.2) is 52.1 Å². The van der Waals surface area contributed by atoms with E-state index in [0.717, 1.165) is 39.1 Å². The molecule has 136 valence electrons. The highest BCUT2D eigenvalue weighted by Crippen LogP contribution is 2.25. The number of nitrogens with zero attached hydrogens (tertiary/aromatic N) is 3. The summed E-state index contributed by atoms with van der Waals surface area (Å²) < 4.78 is 9.18. The van der Waals surface area contributed by atoms with Gasteiger partial charge in [-0.15, -0.1) is 10.2 Å². The predicted molar refractivity (Wildman–Crippen MR) is 110 cm³/mol. The number of benzene rings is 2. The highest BCUT2D eigenvalue weighted by atomic mass is 79.9. The number of halogens is 1. The summed E-state index contributed by atoms with van der Waals surface area (Å²) in [6, 6.07) is 14.5. The molecule has 4 nitrogen and oxygen atoms in total. The van der Waals surface area contributed by atoms with E-state index in [4.69, 9.17) is 4.74 Å². The van der Waals surface area contributed by atoms with Crippen molar-refractivity contribution >= 4 is 27.7 Å². The van der Waals surface area contributed by atoms with Crippen LogP contribution in [-0.4, -0.2) is 14.8 Å². The minimum Gasteiger partial charge on any atom is -0.485 e. The van der Waals surface area contributed by atoms with E-state index in [-0.39, 0.29) is 0 Å². The van der Waals surface area contributed by atoms with Gasteiger partial charge in [-0.1, -0.05) is 57.5 Å². The van der Waals surface area contributed by atoms with Crippen molar-refractivity contribution in [3.05, 3.63) is 69.5 Å². The van der Waals surface area contributed by atoms with E-state index in [1.807, 2.05) is 18.2 Å². The van der Waals surface area contributed by atoms with Crippen LogP contribution in [0.1, 0.15) is 29.4 Å². The SMILES string of the molecule is CCn1c(COc2ccc(C)cc2C)nnc1SCc1cccc(Br)c1. The highest BCUT2D eigenvalue weighted by Gasteiger charge is 2.13. The molecule has 3 rings (SSSR count). The zero-order valence-corrected chi connectivity index (χ0v) is 17.6. The van der Waals surface area contributed by atoms with Gasteiger partial charge in [0, 0.05) is 16.8 Å². The van der Waals surface area contributed by atoms with Crippen molar-refractivity contribution in [1.29, 1.82) is 0 Å². The number of hydrogen-bond donors (Lipinski definition) is 0. The highest BCUT2D eigenvalue weighted by molar-refractivity contribution is 9.10. The van der Waals surface area contributed by atoms with Crippen molar-refractivity contribution in [3.63, 3.8) is 0 Å². The van der Waals surface area contributed by atoms with Crippen LogP contribution >= 0.6 is 27.7 Å². The lowest BCUT2D eigenvalue weighted by atomic mass is 10.1. The Morgan fingerprint density at radius 2 is 1.96 bits per heavy atom. The lowest BCUT2D eigenvalue weighted by Crippen LogP contribution is -2.07. The Balaban J connectivity index is 1.67. The van der Waals surface area contributed by atoms with Crippen molar-refractivity contribution in [2.75, 3.05) is 0 Å². The molecule has 0 saturated carbocycles. The van der Waals surface area contributed by atoms with E-state index in [0.29, 0.717) is 6.61 Å². The molecule has 0 amide bonds. The fraction of sp³-hybridized carbons (Fsp3) is 0.300. The fourth-order valence-electron chi connectivity index (χ4n) is 2.73. The zero-order chi connectivity index (χ0) is 18.5. The molecule has 0 saturated heterocycles. The van der Waals surface area contributed by atoms with Gasteiger partial charge in [0.25, 0.3) is 0 Å². The van der Waals surface area contributed by atoms with Gasteiger partial charge in [0.1, 0.15) is 12.4 Å². The normalized spacial score (nSPS) is 10.9. The summed E-state index contributed by atoms with van der Waals surface area (Å²) in [6.45, 7) is 7.49. The lowest BCUT2D eigenvalue weighted by molar-refractivity contribution is 0.286. The molecule has 0 unspecified atom stereocenters. The average molecular weight is 432 g/mol.